The highest BCUT2D eigenvalue weighted by atomic mass is 31.2. The number of nitrogens with zero attached hydrogens (tertiary/aromatic N) is 1. The predicted molar refractivity (Wildman–Crippen MR) is 74.3 cm³/mol. The van der Waals surface area contributed by atoms with Crippen LogP contribution in [0.15, 0.2) is 0 Å². The van der Waals surface area contributed by atoms with Crippen LogP contribution < -0.4 is 4.89 Å². The Kier molecular flexibility index (Phi) is 9.28. The highest BCUT2D eigenvalue weighted by Crippen LogP contribution is 2.38. The normalized spacial score (nSPS) is 16.3. The average Bonchev–Trinajstić information content (AvgIpc) is 2.32. The molecule has 0 saturated carbocycles. The van der Waals surface area contributed by atoms with Crippen LogP contribution in [0, 0.1) is 0 Å². The molecule has 2 atom stereocenters. The van der Waals surface area contributed by atoms with Crippen LogP contribution in [0.25, 0.3) is 0 Å². The summed E-state index contributed by atoms with van der Waals surface area (Å²) in [7, 11) is 1.24. The molecule has 0 heterocycles. The van der Waals surface area contributed by atoms with E-state index in [2.05, 4.69) is 9.05 Å². The summed E-state index contributed by atoms with van der Waals surface area (Å²) < 4.78 is 25.9. The Bertz CT molecular complexity index is 356. The van der Waals surface area contributed by atoms with Crippen molar-refractivity contribution in [2.24, 2.45) is 0 Å². The number of phosphoric acid groups is 1. The van der Waals surface area contributed by atoms with Gasteiger partial charge in [-0.25, -0.2) is 0 Å². The van der Waals surface area contributed by atoms with Crippen molar-refractivity contribution in [2.75, 3.05) is 47.5 Å². The second kappa shape index (κ2) is 9.50. The number of carbonyl (C=O) groups is 1. The summed E-state index contributed by atoms with van der Waals surface area (Å²) in [6.07, 6.45) is -0.321. The van der Waals surface area contributed by atoms with Crippen LogP contribution >= 0.6 is 7.82 Å². The Morgan fingerprint density at radius 3 is 2.43 bits per heavy atom. The Balaban J connectivity index is 3.91. The van der Waals surface area contributed by atoms with Gasteiger partial charge in [0.25, 0.3) is 7.82 Å². The summed E-state index contributed by atoms with van der Waals surface area (Å²) in [5.41, 5.74) is 0. The molecule has 0 aromatic rings. The fourth-order valence-corrected chi connectivity index (χ4v) is 1.89. The summed E-state index contributed by atoms with van der Waals surface area (Å²) in [5.74, 6) is -0.443. The van der Waals surface area contributed by atoms with E-state index in [1.807, 2.05) is 28.1 Å². The lowest BCUT2D eigenvalue weighted by Gasteiger charge is -2.27. The standard InChI is InChI=1S/C12H26NO7P/c1-5-6-12(15)18-9-11(14)10-20-21(16,17)19-8-7-13(2,3)4/h11,14H,5-10H2,1-4H3. The number of hydrogen-bond donors (Lipinski definition) is 1. The second-order valence-electron chi connectivity index (χ2n) is 5.68. The van der Waals surface area contributed by atoms with E-state index < -0.39 is 26.5 Å². The number of carbonyl (C=O) groups excluding carboxylic acids is 1. The van der Waals surface area contributed by atoms with Gasteiger partial charge in [-0.2, -0.15) is 0 Å². The smallest absolute Gasteiger partial charge is 0.305 e. The molecule has 126 valence electrons. The Morgan fingerprint density at radius 2 is 1.90 bits per heavy atom. The van der Waals surface area contributed by atoms with Crippen LogP contribution in [0.3, 0.4) is 0 Å². The monoisotopic (exact) mass is 327 g/mol. The number of aliphatic hydroxyl groups excluding tert-OH is 1. The number of rotatable bonds is 11. The lowest BCUT2D eigenvalue weighted by molar-refractivity contribution is -0.870. The van der Waals surface area contributed by atoms with E-state index in [0.717, 1.165) is 0 Å². The zero-order valence-corrected chi connectivity index (χ0v) is 14.0. The largest absolute Gasteiger partial charge is 0.756 e. The van der Waals surface area contributed by atoms with Gasteiger partial charge in [0, 0.05) is 6.42 Å². The van der Waals surface area contributed by atoms with Gasteiger partial charge in [-0.15, -0.1) is 0 Å². The molecule has 0 spiro atoms. The maximum absolute atomic E-state index is 11.4. The first kappa shape index (κ1) is 20.5. The van der Waals surface area contributed by atoms with E-state index in [1.165, 1.54) is 0 Å². The topological polar surface area (TPSA) is 105 Å². The highest BCUT2D eigenvalue weighted by Gasteiger charge is 2.16. The van der Waals surface area contributed by atoms with Gasteiger partial charge in [0.2, 0.25) is 0 Å². The predicted octanol–water partition coefficient (Wildman–Crippen LogP) is -0.102. The van der Waals surface area contributed by atoms with Crippen LogP contribution in [-0.2, 0) is 23.1 Å². The Morgan fingerprint density at radius 1 is 1.29 bits per heavy atom. The molecule has 2 unspecified atom stereocenters. The van der Waals surface area contributed by atoms with Crippen LogP contribution in [0.5, 0.6) is 0 Å². The lowest BCUT2D eigenvalue weighted by atomic mass is 10.3. The third-order valence-corrected chi connectivity index (χ3v) is 3.29. The SMILES string of the molecule is CCCC(=O)OCC(O)COP(=O)([O-])OCC[N+](C)(C)C. The molecule has 0 aromatic carbocycles. The van der Waals surface area contributed by atoms with Crippen LogP contribution in [0.2, 0.25) is 0 Å². The number of hydrogen-bond acceptors (Lipinski definition) is 7. The summed E-state index contributed by atoms with van der Waals surface area (Å²) >= 11 is 0. The van der Waals surface area contributed by atoms with Crippen LogP contribution in [0.1, 0.15) is 19.8 Å². The molecule has 1 N–H and O–H groups in total. The lowest BCUT2D eigenvalue weighted by Crippen LogP contribution is -2.37. The molecule has 0 bridgehead atoms. The van der Waals surface area contributed by atoms with E-state index in [1.54, 1.807) is 0 Å². The summed E-state index contributed by atoms with van der Waals surface area (Å²) in [5, 5.41) is 9.46. The third kappa shape index (κ3) is 12.9. The number of phosphoric ester groups is 1. The van der Waals surface area contributed by atoms with Crippen molar-refractivity contribution in [3.63, 3.8) is 0 Å². The Labute approximate surface area is 125 Å². The highest BCUT2D eigenvalue weighted by molar-refractivity contribution is 7.45. The molecule has 9 heteroatoms. The van der Waals surface area contributed by atoms with Crippen molar-refractivity contribution in [3.05, 3.63) is 0 Å². The van der Waals surface area contributed by atoms with Gasteiger partial charge < -0.3 is 28.3 Å². The summed E-state index contributed by atoms with van der Waals surface area (Å²) in [6.45, 7) is 1.49. The molecule has 0 fully saturated rings. The first-order valence-corrected chi connectivity index (χ1v) is 8.26. The van der Waals surface area contributed by atoms with Gasteiger partial charge >= 0.3 is 5.97 Å². The fraction of sp³-hybridized carbons (Fsp3) is 0.917. The maximum Gasteiger partial charge on any atom is 0.305 e. The number of ether oxygens (including phenoxy) is 1. The third-order valence-electron chi connectivity index (χ3n) is 2.33. The van der Waals surface area contributed by atoms with Gasteiger partial charge in [-0.1, -0.05) is 6.92 Å². The molecule has 0 rings (SSSR count). The van der Waals surface area contributed by atoms with Gasteiger partial charge in [0.05, 0.1) is 27.7 Å². The molecule has 0 saturated heterocycles. The van der Waals surface area contributed by atoms with E-state index in [0.29, 0.717) is 17.4 Å². The molecule has 8 nitrogen and oxygen atoms in total. The van der Waals surface area contributed by atoms with E-state index in [-0.39, 0.29) is 19.6 Å². The first-order chi connectivity index (χ1) is 9.56. The molecule has 0 aliphatic carbocycles. The minimum absolute atomic E-state index is 0.00808. The van der Waals surface area contributed by atoms with Gasteiger partial charge in [0.1, 0.15) is 25.9 Å². The van der Waals surface area contributed by atoms with Gasteiger partial charge in [0.15, 0.2) is 0 Å². The second-order valence-corrected chi connectivity index (χ2v) is 7.09. The molecule has 0 amide bonds. The van der Waals surface area contributed by atoms with Crippen molar-refractivity contribution in [2.45, 2.75) is 25.9 Å². The first-order valence-electron chi connectivity index (χ1n) is 6.80. The molecule has 0 radical (unpaired) electrons. The van der Waals surface area contributed by atoms with Gasteiger partial charge in [-0.05, 0) is 6.42 Å². The summed E-state index contributed by atoms with van der Waals surface area (Å²) in [4.78, 5) is 22.5. The Hall–Kier alpha value is -0.500. The minimum Gasteiger partial charge on any atom is -0.756 e. The zero-order valence-electron chi connectivity index (χ0n) is 13.1. The van der Waals surface area contributed by atoms with E-state index in [9.17, 15) is 19.4 Å². The number of esters is 1. The molecular formula is C12H26NO7P. The zero-order chi connectivity index (χ0) is 16.5. The maximum atomic E-state index is 11.4. The fourth-order valence-electron chi connectivity index (χ4n) is 1.15. The van der Waals surface area contributed by atoms with Crippen molar-refractivity contribution >= 4 is 13.8 Å². The average molecular weight is 327 g/mol. The van der Waals surface area contributed by atoms with Crippen molar-refractivity contribution in [3.8, 4) is 0 Å². The van der Waals surface area contributed by atoms with Crippen molar-refractivity contribution in [1.82, 2.24) is 0 Å². The molecule has 0 aliphatic rings. The van der Waals surface area contributed by atoms with Crippen LogP contribution in [0.4, 0.5) is 0 Å². The quantitative estimate of drug-likeness (QED) is 0.321. The summed E-state index contributed by atoms with van der Waals surface area (Å²) in [6, 6.07) is 0. The minimum atomic E-state index is -4.45. The number of quaternary nitrogens is 1. The molecule has 0 aliphatic heterocycles. The van der Waals surface area contributed by atoms with E-state index >= 15 is 0 Å². The van der Waals surface area contributed by atoms with Gasteiger partial charge in [-0.3, -0.25) is 9.36 Å². The number of aliphatic hydroxyl groups is 1. The van der Waals surface area contributed by atoms with Crippen molar-refractivity contribution in [1.29, 1.82) is 0 Å². The van der Waals surface area contributed by atoms with Crippen molar-refractivity contribution < 1.29 is 37.6 Å². The molecular weight excluding hydrogens is 301 g/mol. The van der Waals surface area contributed by atoms with E-state index in [4.69, 9.17) is 4.74 Å². The molecule has 0 aromatic heterocycles. The molecule has 21 heavy (non-hydrogen) atoms. The number of likely N-dealkylation sites (N-methyl/N-ethyl adjacent to an activating group) is 1. The van der Waals surface area contributed by atoms with Crippen LogP contribution in [-0.4, -0.2) is 69.2 Å².